The van der Waals surface area contributed by atoms with Crippen molar-refractivity contribution in [3.8, 4) is 5.75 Å². The summed E-state index contributed by atoms with van der Waals surface area (Å²) < 4.78 is 5.54. The number of likely N-dealkylation sites (N-methyl/N-ethyl adjacent to an activating group) is 1. The van der Waals surface area contributed by atoms with E-state index in [1.807, 2.05) is 19.0 Å². The molecule has 1 unspecified atom stereocenters. The Labute approximate surface area is 137 Å². The first-order valence-electron chi connectivity index (χ1n) is 7.96. The van der Waals surface area contributed by atoms with Crippen molar-refractivity contribution in [2.45, 2.75) is 25.8 Å². The zero-order chi connectivity index (χ0) is 16.8. The molecule has 1 saturated heterocycles. The van der Waals surface area contributed by atoms with E-state index in [1.54, 1.807) is 31.2 Å². The molecule has 1 aromatic rings. The predicted molar refractivity (Wildman–Crippen MR) is 89.5 cm³/mol. The van der Waals surface area contributed by atoms with Gasteiger partial charge in [-0.2, -0.15) is 0 Å². The Balaban J connectivity index is 1.79. The van der Waals surface area contributed by atoms with Gasteiger partial charge >= 0.3 is 0 Å². The fourth-order valence-corrected chi connectivity index (χ4v) is 2.51. The highest BCUT2D eigenvalue weighted by molar-refractivity contribution is 5.90. The number of hydrogen-bond acceptors (Lipinski definition) is 4. The molecule has 1 aromatic carbocycles. The molecule has 1 heterocycles. The highest BCUT2D eigenvalue weighted by Gasteiger charge is 2.27. The van der Waals surface area contributed by atoms with Crippen LogP contribution in [0.4, 0.5) is 5.69 Å². The van der Waals surface area contributed by atoms with E-state index in [9.17, 15) is 9.59 Å². The van der Waals surface area contributed by atoms with Gasteiger partial charge in [0, 0.05) is 31.2 Å². The van der Waals surface area contributed by atoms with Crippen molar-refractivity contribution in [3.05, 3.63) is 24.3 Å². The van der Waals surface area contributed by atoms with Crippen LogP contribution >= 0.6 is 0 Å². The van der Waals surface area contributed by atoms with Gasteiger partial charge in [0.15, 0.2) is 6.61 Å². The fraction of sp³-hybridized carbons (Fsp3) is 0.529. The molecule has 126 valence electrons. The molecule has 1 aliphatic heterocycles. The van der Waals surface area contributed by atoms with Gasteiger partial charge in [0.25, 0.3) is 5.91 Å². The lowest BCUT2D eigenvalue weighted by molar-refractivity contribution is -0.132. The van der Waals surface area contributed by atoms with Crippen molar-refractivity contribution >= 4 is 17.5 Å². The molecule has 1 N–H and O–H groups in total. The molecule has 0 bridgehead atoms. The SMILES string of the molecule is CCC(=O)Nc1ccc(OCC(=O)N2CCC(N(C)C)C2)cc1. The predicted octanol–water partition coefficient (Wildman–Crippen LogP) is 1.58. The number of likely N-dealkylation sites (tertiary alicyclic amines) is 1. The maximum absolute atomic E-state index is 12.2. The molecule has 0 aromatic heterocycles. The third-order valence-corrected chi connectivity index (χ3v) is 4.07. The number of carbonyl (C=O) groups is 2. The van der Waals surface area contributed by atoms with Crippen LogP contribution in [0.2, 0.25) is 0 Å². The van der Waals surface area contributed by atoms with Crippen LogP contribution in [-0.2, 0) is 9.59 Å². The number of rotatable bonds is 6. The minimum Gasteiger partial charge on any atom is -0.484 e. The summed E-state index contributed by atoms with van der Waals surface area (Å²) in [5.41, 5.74) is 0.726. The number of ether oxygens (including phenoxy) is 1. The Hall–Kier alpha value is -2.08. The number of amides is 2. The molecule has 23 heavy (non-hydrogen) atoms. The molecule has 2 rings (SSSR count). The van der Waals surface area contributed by atoms with Crippen molar-refractivity contribution in [3.63, 3.8) is 0 Å². The number of anilines is 1. The summed E-state index contributed by atoms with van der Waals surface area (Å²) in [6.45, 7) is 3.39. The summed E-state index contributed by atoms with van der Waals surface area (Å²) in [7, 11) is 4.07. The minimum atomic E-state index is -0.0293. The molecule has 1 atom stereocenters. The number of benzene rings is 1. The second-order valence-corrected chi connectivity index (χ2v) is 5.96. The number of hydrogen-bond donors (Lipinski definition) is 1. The van der Waals surface area contributed by atoms with Crippen LogP contribution in [0.15, 0.2) is 24.3 Å². The Morgan fingerprint density at radius 1 is 1.30 bits per heavy atom. The van der Waals surface area contributed by atoms with Crippen LogP contribution in [0.5, 0.6) is 5.75 Å². The van der Waals surface area contributed by atoms with E-state index in [-0.39, 0.29) is 18.4 Å². The fourth-order valence-electron chi connectivity index (χ4n) is 2.51. The molecular formula is C17H25N3O3. The van der Waals surface area contributed by atoms with E-state index >= 15 is 0 Å². The second-order valence-electron chi connectivity index (χ2n) is 5.96. The Morgan fingerprint density at radius 3 is 2.57 bits per heavy atom. The summed E-state index contributed by atoms with van der Waals surface area (Å²) in [5, 5.41) is 2.77. The quantitative estimate of drug-likeness (QED) is 0.865. The minimum absolute atomic E-state index is 0.0118. The molecular weight excluding hydrogens is 294 g/mol. The van der Waals surface area contributed by atoms with Crippen LogP contribution in [0.1, 0.15) is 19.8 Å². The molecule has 1 fully saturated rings. The zero-order valence-electron chi connectivity index (χ0n) is 14.0. The smallest absolute Gasteiger partial charge is 0.260 e. The first-order valence-corrected chi connectivity index (χ1v) is 7.96. The van der Waals surface area contributed by atoms with E-state index in [2.05, 4.69) is 10.2 Å². The van der Waals surface area contributed by atoms with Crippen molar-refractivity contribution in [1.82, 2.24) is 9.80 Å². The Bertz CT molecular complexity index is 543. The van der Waals surface area contributed by atoms with Crippen molar-refractivity contribution < 1.29 is 14.3 Å². The van der Waals surface area contributed by atoms with E-state index in [0.29, 0.717) is 18.2 Å². The monoisotopic (exact) mass is 319 g/mol. The normalized spacial score (nSPS) is 17.4. The van der Waals surface area contributed by atoms with Crippen molar-refractivity contribution in [2.75, 3.05) is 39.1 Å². The van der Waals surface area contributed by atoms with E-state index < -0.39 is 0 Å². The summed E-state index contributed by atoms with van der Waals surface area (Å²) in [5.74, 6) is 0.604. The molecule has 0 saturated carbocycles. The molecule has 0 spiro atoms. The largest absolute Gasteiger partial charge is 0.484 e. The van der Waals surface area contributed by atoms with E-state index in [1.165, 1.54) is 0 Å². The van der Waals surface area contributed by atoms with Gasteiger partial charge in [-0.15, -0.1) is 0 Å². The van der Waals surface area contributed by atoms with Gasteiger partial charge in [0.05, 0.1) is 0 Å². The van der Waals surface area contributed by atoms with Crippen LogP contribution in [0.25, 0.3) is 0 Å². The maximum Gasteiger partial charge on any atom is 0.260 e. The highest BCUT2D eigenvalue weighted by atomic mass is 16.5. The number of nitrogens with zero attached hydrogens (tertiary/aromatic N) is 2. The lowest BCUT2D eigenvalue weighted by Crippen LogP contribution is -2.36. The summed E-state index contributed by atoms with van der Waals surface area (Å²) in [6.07, 6.45) is 1.45. The molecule has 2 amide bonds. The van der Waals surface area contributed by atoms with Gasteiger partial charge in [-0.3, -0.25) is 9.59 Å². The van der Waals surface area contributed by atoms with Crippen LogP contribution in [0.3, 0.4) is 0 Å². The summed E-state index contributed by atoms with van der Waals surface area (Å²) in [6, 6.07) is 7.48. The highest BCUT2D eigenvalue weighted by Crippen LogP contribution is 2.17. The average Bonchev–Trinajstić information content (AvgIpc) is 3.04. The average molecular weight is 319 g/mol. The van der Waals surface area contributed by atoms with Gasteiger partial charge in [-0.25, -0.2) is 0 Å². The van der Waals surface area contributed by atoms with Gasteiger partial charge < -0.3 is 19.9 Å². The molecule has 6 nitrogen and oxygen atoms in total. The lowest BCUT2D eigenvalue weighted by atomic mass is 10.2. The van der Waals surface area contributed by atoms with Gasteiger partial charge in [0.1, 0.15) is 5.75 Å². The third-order valence-electron chi connectivity index (χ3n) is 4.07. The number of nitrogens with one attached hydrogen (secondary N) is 1. The zero-order valence-corrected chi connectivity index (χ0v) is 14.0. The van der Waals surface area contributed by atoms with Gasteiger partial charge in [-0.1, -0.05) is 6.92 Å². The van der Waals surface area contributed by atoms with Crippen molar-refractivity contribution in [2.24, 2.45) is 0 Å². The third kappa shape index (κ3) is 4.96. The Morgan fingerprint density at radius 2 is 2.00 bits per heavy atom. The standard InChI is InChI=1S/C17H25N3O3/c1-4-16(21)18-13-5-7-15(8-6-13)23-12-17(22)20-10-9-14(11-20)19(2)3/h5-8,14H,4,9-12H2,1-3H3,(H,18,21). The molecule has 0 radical (unpaired) electrons. The molecule has 0 aliphatic carbocycles. The van der Waals surface area contributed by atoms with Crippen LogP contribution in [-0.4, -0.2) is 61.4 Å². The first-order chi connectivity index (χ1) is 11.0. The van der Waals surface area contributed by atoms with E-state index in [4.69, 9.17) is 4.74 Å². The molecule has 1 aliphatic rings. The van der Waals surface area contributed by atoms with Gasteiger partial charge in [-0.05, 0) is 44.8 Å². The van der Waals surface area contributed by atoms with E-state index in [0.717, 1.165) is 25.2 Å². The number of carbonyl (C=O) groups excluding carboxylic acids is 2. The summed E-state index contributed by atoms with van der Waals surface area (Å²) in [4.78, 5) is 27.5. The maximum atomic E-state index is 12.2. The van der Waals surface area contributed by atoms with Gasteiger partial charge in [0.2, 0.25) is 5.91 Å². The van der Waals surface area contributed by atoms with Crippen LogP contribution < -0.4 is 10.1 Å². The second kappa shape index (κ2) is 7.97. The Kier molecular flexibility index (Phi) is 5.98. The lowest BCUT2D eigenvalue weighted by Gasteiger charge is -2.20. The molecule has 6 heteroatoms. The topological polar surface area (TPSA) is 61.9 Å². The summed E-state index contributed by atoms with van der Waals surface area (Å²) >= 11 is 0. The first kappa shape index (κ1) is 17.3. The van der Waals surface area contributed by atoms with Crippen LogP contribution in [0, 0.1) is 0 Å². The van der Waals surface area contributed by atoms with Crippen molar-refractivity contribution in [1.29, 1.82) is 0 Å².